The van der Waals surface area contributed by atoms with Gasteiger partial charge in [0.25, 0.3) is 0 Å². The van der Waals surface area contributed by atoms with Crippen molar-refractivity contribution in [2.75, 3.05) is 7.05 Å². The molecule has 1 aromatic rings. The van der Waals surface area contributed by atoms with Crippen molar-refractivity contribution in [1.29, 1.82) is 0 Å². The summed E-state index contributed by atoms with van der Waals surface area (Å²) in [7, 11) is 1.68. The van der Waals surface area contributed by atoms with E-state index < -0.39 is 59.2 Å². The van der Waals surface area contributed by atoms with Crippen molar-refractivity contribution < 1.29 is 61.2 Å². The molecule has 0 fully saturated rings. The smallest absolute Gasteiger partial charge is 0.475 e. The SMILES string of the molecule is CC(C)[C@@H](C(=O)N[C@@H](CC(=O)OC(C)(C)C)C(=O)OC(C)(C)C)N(C)Cc1ccc(C(=O)O)o1.O=C(O)C(F)(F)F. The Hall–Kier alpha value is -3.62. The lowest BCUT2D eigenvalue weighted by atomic mass is 10.0. The van der Waals surface area contributed by atoms with E-state index in [0.717, 1.165) is 0 Å². The Morgan fingerprint density at radius 1 is 0.951 bits per heavy atom. The molecule has 0 radical (unpaired) electrons. The van der Waals surface area contributed by atoms with Gasteiger partial charge in [-0.05, 0) is 66.6 Å². The number of halogens is 3. The fourth-order valence-corrected chi connectivity index (χ4v) is 3.31. The minimum absolute atomic E-state index is 0.159. The highest BCUT2D eigenvalue weighted by molar-refractivity contribution is 5.90. The molecule has 0 spiro atoms. The van der Waals surface area contributed by atoms with Gasteiger partial charge in [0.15, 0.2) is 0 Å². The molecule has 1 heterocycles. The van der Waals surface area contributed by atoms with E-state index in [1.165, 1.54) is 12.1 Å². The number of nitrogens with zero attached hydrogens (tertiary/aromatic N) is 1. The number of carboxylic acid groups (broad SMARTS) is 2. The van der Waals surface area contributed by atoms with Gasteiger partial charge in [-0.15, -0.1) is 0 Å². The zero-order valence-corrected chi connectivity index (χ0v) is 24.5. The van der Waals surface area contributed by atoms with Crippen LogP contribution in [0.3, 0.4) is 0 Å². The van der Waals surface area contributed by atoms with Crippen LogP contribution in [0, 0.1) is 5.92 Å². The summed E-state index contributed by atoms with van der Waals surface area (Å²) in [6, 6.07) is 0.928. The number of amides is 1. The first-order chi connectivity index (χ1) is 18.3. The van der Waals surface area contributed by atoms with Gasteiger partial charge in [0, 0.05) is 0 Å². The van der Waals surface area contributed by atoms with Crippen LogP contribution in [0.15, 0.2) is 16.5 Å². The van der Waals surface area contributed by atoms with Gasteiger partial charge < -0.3 is 29.4 Å². The molecular weight excluding hydrogens is 557 g/mol. The van der Waals surface area contributed by atoms with Crippen LogP contribution >= 0.6 is 0 Å². The molecule has 0 saturated heterocycles. The highest BCUT2D eigenvalue weighted by Crippen LogP contribution is 2.18. The number of carboxylic acids is 2. The second-order valence-corrected chi connectivity index (χ2v) is 11.4. The number of carbonyl (C=O) groups is 5. The van der Waals surface area contributed by atoms with Crippen molar-refractivity contribution in [3.63, 3.8) is 0 Å². The van der Waals surface area contributed by atoms with Gasteiger partial charge >= 0.3 is 30.1 Å². The van der Waals surface area contributed by atoms with Crippen molar-refractivity contribution in [2.45, 2.75) is 97.8 Å². The average Bonchev–Trinajstić information content (AvgIpc) is 3.19. The molecule has 0 aliphatic rings. The molecule has 234 valence electrons. The quantitative estimate of drug-likeness (QED) is 0.337. The Balaban J connectivity index is 0.00000201. The monoisotopic (exact) mass is 596 g/mol. The molecule has 1 amide bonds. The topological polar surface area (TPSA) is 173 Å². The molecule has 12 nitrogen and oxygen atoms in total. The number of aromatic carboxylic acids is 1. The summed E-state index contributed by atoms with van der Waals surface area (Å²) in [5, 5.41) is 18.8. The molecule has 0 aliphatic carbocycles. The van der Waals surface area contributed by atoms with Crippen LogP contribution in [0.25, 0.3) is 0 Å². The van der Waals surface area contributed by atoms with Gasteiger partial charge in [-0.2, -0.15) is 13.2 Å². The number of alkyl halides is 3. The van der Waals surface area contributed by atoms with Gasteiger partial charge in [-0.25, -0.2) is 14.4 Å². The Bertz CT molecular complexity index is 1070. The fourth-order valence-electron chi connectivity index (χ4n) is 3.31. The summed E-state index contributed by atoms with van der Waals surface area (Å²) >= 11 is 0. The molecule has 3 N–H and O–H groups in total. The molecule has 2 atom stereocenters. The first-order valence-corrected chi connectivity index (χ1v) is 12.4. The van der Waals surface area contributed by atoms with Crippen LogP contribution in [-0.2, 0) is 35.2 Å². The standard InChI is InChI=1S/C24H38N2O8.C2HF3O2/c1-14(2)19(26(9)13-15-10-11-17(32-15)21(29)30)20(28)25-16(22(31)34-24(6,7)8)12-18(27)33-23(3,4)5;3-2(4,5)1(6)7/h10-11,14,16,19H,12-13H2,1-9H3,(H,25,28)(H,29,30);(H,6,7)/t16-,19-;/m0./s1. The molecule has 41 heavy (non-hydrogen) atoms. The first-order valence-electron chi connectivity index (χ1n) is 12.4. The molecule has 0 saturated carbocycles. The second-order valence-electron chi connectivity index (χ2n) is 11.4. The third kappa shape index (κ3) is 15.1. The fraction of sp³-hybridized carbons (Fsp3) is 0.654. The summed E-state index contributed by atoms with van der Waals surface area (Å²) < 4.78 is 47.8. The molecule has 1 aromatic heterocycles. The Kier molecular flexibility index (Phi) is 13.5. The molecule has 0 aliphatic heterocycles. The first kappa shape index (κ1) is 37.4. The van der Waals surface area contributed by atoms with Gasteiger partial charge in [-0.3, -0.25) is 14.5 Å². The predicted octanol–water partition coefficient (Wildman–Crippen LogP) is 3.63. The lowest BCUT2D eigenvalue weighted by Crippen LogP contribution is -2.54. The number of aliphatic carboxylic acids is 1. The zero-order valence-electron chi connectivity index (χ0n) is 24.5. The van der Waals surface area contributed by atoms with Crippen molar-refractivity contribution in [2.24, 2.45) is 5.92 Å². The number of rotatable bonds is 10. The van der Waals surface area contributed by atoms with E-state index in [0.29, 0.717) is 5.76 Å². The van der Waals surface area contributed by atoms with Crippen LogP contribution in [0.1, 0.15) is 78.1 Å². The van der Waals surface area contributed by atoms with Crippen molar-refractivity contribution in [3.05, 3.63) is 23.7 Å². The summed E-state index contributed by atoms with van der Waals surface area (Å²) in [6.45, 7) is 14.0. The summed E-state index contributed by atoms with van der Waals surface area (Å²) in [5.74, 6) is -5.82. The minimum atomic E-state index is -5.08. The number of hydrogen-bond acceptors (Lipinski definition) is 9. The predicted molar refractivity (Wildman–Crippen MR) is 138 cm³/mol. The Morgan fingerprint density at radius 2 is 1.44 bits per heavy atom. The number of hydrogen-bond donors (Lipinski definition) is 3. The summed E-state index contributed by atoms with van der Waals surface area (Å²) in [4.78, 5) is 60.1. The van der Waals surface area contributed by atoms with E-state index in [4.69, 9.17) is 28.9 Å². The molecule has 0 aromatic carbocycles. The van der Waals surface area contributed by atoms with E-state index in [1.807, 2.05) is 13.8 Å². The number of ether oxygens (including phenoxy) is 2. The van der Waals surface area contributed by atoms with Gasteiger partial charge in [0.05, 0.1) is 19.0 Å². The highest BCUT2D eigenvalue weighted by Gasteiger charge is 2.38. The van der Waals surface area contributed by atoms with E-state index in [-0.39, 0.29) is 24.6 Å². The number of esters is 2. The highest BCUT2D eigenvalue weighted by atomic mass is 19.4. The van der Waals surface area contributed by atoms with Gasteiger partial charge in [0.2, 0.25) is 11.7 Å². The van der Waals surface area contributed by atoms with Gasteiger partial charge in [-0.1, -0.05) is 13.8 Å². The molecule has 0 bridgehead atoms. The minimum Gasteiger partial charge on any atom is -0.475 e. The number of likely N-dealkylation sites (N-methyl/N-ethyl adjacent to an activating group) is 1. The lowest BCUT2D eigenvalue weighted by molar-refractivity contribution is -0.192. The maximum atomic E-state index is 13.2. The van der Waals surface area contributed by atoms with Crippen LogP contribution < -0.4 is 5.32 Å². The maximum Gasteiger partial charge on any atom is 0.490 e. The third-order valence-corrected chi connectivity index (χ3v) is 4.69. The number of furan rings is 1. The zero-order chi connectivity index (χ0) is 32.5. The normalized spacial score (nSPS) is 13.5. The summed E-state index contributed by atoms with van der Waals surface area (Å²) in [6.07, 6.45) is -5.47. The second kappa shape index (κ2) is 14.8. The largest absolute Gasteiger partial charge is 0.490 e. The van der Waals surface area contributed by atoms with Crippen molar-refractivity contribution >= 4 is 29.8 Å². The third-order valence-electron chi connectivity index (χ3n) is 4.69. The molecule has 15 heteroatoms. The van der Waals surface area contributed by atoms with E-state index in [2.05, 4.69) is 5.32 Å². The van der Waals surface area contributed by atoms with E-state index >= 15 is 0 Å². The van der Waals surface area contributed by atoms with Crippen LogP contribution in [-0.4, -0.2) is 81.4 Å². The van der Waals surface area contributed by atoms with Crippen LogP contribution in [0.4, 0.5) is 13.2 Å². The summed E-state index contributed by atoms with van der Waals surface area (Å²) in [5.41, 5.74) is -1.57. The van der Waals surface area contributed by atoms with Gasteiger partial charge in [0.1, 0.15) is 23.0 Å². The van der Waals surface area contributed by atoms with E-state index in [1.54, 1.807) is 53.5 Å². The van der Waals surface area contributed by atoms with Crippen LogP contribution in [0.5, 0.6) is 0 Å². The lowest BCUT2D eigenvalue weighted by Gasteiger charge is -2.31. The molecule has 0 unspecified atom stereocenters. The number of nitrogens with one attached hydrogen (secondary N) is 1. The van der Waals surface area contributed by atoms with Crippen molar-refractivity contribution in [3.8, 4) is 0 Å². The Labute approximate surface area is 236 Å². The number of carbonyl (C=O) groups excluding carboxylic acids is 3. The van der Waals surface area contributed by atoms with Crippen molar-refractivity contribution in [1.82, 2.24) is 10.2 Å². The Morgan fingerprint density at radius 3 is 1.80 bits per heavy atom. The maximum absolute atomic E-state index is 13.2. The molecular formula is C26H39F3N2O10. The van der Waals surface area contributed by atoms with E-state index in [9.17, 15) is 32.3 Å². The average molecular weight is 597 g/mol. The molecule has 1 rings (SSSR count). The van der Waals surface area contributed by atoms with Crippen LogP contribution in [0.2, 0.25) is 0 Å².